The maximum absolute atomic E-state index is 11.7. The van der Waals surface area contributed by atoms with Gasteiger partial charge in [-0.2, -0.15) is 0 Å². The second-order valence-electron chi connectivity index (χ2n) is 4.95. The third-order valence-corrected chi connectivity index (χ3v) is 4.80. The fraction of sp³-hybridized carbons (Fsp3) is 0.267. The second kappa shape index (κ2) is 6.55. The highest BCUT2D eigenvalue weighted by Gasteiger charge is 2.21. The van der Waals surface area contributed by atoms with Crippen LogP contribution in [0.3, 0.4) is 0 Å². The number of nitrogens with zero attached hydrogens (tertiary/aromatic N) is 2. The van der Waals surface area contributed by atoms with Gasteiger partial charge in [0, 0.05) is 24.3 Å². The van der Waals surface area contributed by atoms with Gasteiger partial charge in [0.25, 0.3) is 0 Å². The SMILES string of the molecule is COC(=O)c1sc(Nc2ccc(N3CCCC3=O)cc2)nc1Cl. The lowest BCUT2D eigenvalue weighted by molar-refractivity contribution is -0.117. The van der Waals surface area contributed by atoms with Gasteiger partial charge in [0.2, 0.25) is 5.91 Å². The van der Waals surface area contributed by atoms with Gasteiger partial charge in [-0.15, -0.1) is 0 Å². The van der Waals surface area contributed by atoms with Crippen molar-refractivity contribution in [2.24, 2.45) is 0 Å². The number of ether oxygens (including phenoxy) is 1. The largest absolute Gasteiger partial charge is 0.465 e. The van der Waals surface area contributed by atoms with Gasteiger partial charge in [-0.05, 0) is 30.7 Å². The highest BCUT2D eigenvalue weighted by Crippen LogP contribution is 2.30. The monoisotopic (exact) mass is 351 g/mol. The molecule has 2 heterocycles. The average Bonchev–Trinajstić information content (AvgIpc) is 3.13. The lowest BCUT2D eigenvalue weighted by Crippen LogP contribution is -2.23. The number of carbonyl (C=O) groups excluding carboxylic acids is 2. The Bertz CT molecular complexity index is 745. The van der Waals surface area contributed by atoms with Crippen molar-refractivity contribution in [3.05, 3.63) is 34.3 Å². The van der Waals surface area contributed by atoms with E-state index in [0.29, 0.717) is 11.6 Å². The standard InChI is InChI=1S/C15H14ClN3O3S/c1-22-14(21)12-13(16)18-15(23-12)17-9-4-6-10(7-5-9)19-8-2-3-11(19)20/h4-7H,2-3,8H2,1H3,(H,17,18). The van der Waals surface area contributed by atoms with Gasteiger partial charge in [-0.1, -0.05) is 22.9 Å². The summed E-state index contributed by atoms with van der Waals surface area (Å²) in [6, 6.07) is 7.46. The molecule has 0 bridgehead atoms. The maximum Gasteiger partial charge on any atom is 0.351 e. The number of hydrogen-bond donors (Lipinski definition) is 1. The molecule has 0 aliphatic carbocycles. The molecule has 1 fully saturated rings. The fourth-order valence-electron chi connectivity index (χ4n) is 2.34. The highest BCUT2D eigenvalue weighted by molar-refractivity contribution is 7.18. The number of carbonyl (C=O) groups is 2. The van der Waals surface area contributed by atoms with Crippen LogP contribution < -0.4 is 10.2 Å². The van der Waals surface area contributed by atoms with Crippen LogP contribution in [0.4, 0.5) is 16.5 Å². The summed E-state index contributed by atoms with van der Waals surface area (Å²) in [4.78, 5) is 29.4. The lowest BCUT2D eigenvalue weighted by atomic mass is 10.2. The third-order valence-electron chi connectivity index (χ3n) is 3.46. The first-order valence-electron chi connectivity index (χ1n) is 7.00. The first-order chi connectivity index (χ1) is 11.1. The van der Waals surface area contributed by atoms with E-state index in [1.165, 1.54) is 7.11 Å². The first kappa shape index (κ1) is 15.8. The van der Waals surface area contributed by atoms with E-state index in [1.54, 1.807) is 4.90 Å². The van der Waals surface area contributed by atoms with Crippen LogP contribution in [0.1, 0.15) is 22.5 Å². The molecule has 120 valence electrons. The molecule has 2 aromatic rings. The normalized spacial score (nSPS) is 14.2. The van der Waals surface area contributed by atoms with Crippen LogP contribution in [0.5, 0.6) is 0 Å². The van der Waals surface area contributed by atoms with Crippen LogP contribution in [0.15, 0.2) is 24.3 Å². The van der Waals surface area contributed by atoms with E-state index in [4.69, 9.17) is 11.6 Å². The number of halogens is 1. The quantitative estimate of drug-likeness (QED) is 0.854. The summed E-state index contributed by atoms with van der Waals surface area (Å²) in [5.74, 6) is -0.358. The zero-order valence-corrected chi connectivity index (χ0v) is 13.9. The molecule has 1 aromatic carbocycles. The molecule has 3 rings (SSSR count). The van der Waals surface area contributed by atoms with Crippen LogP contribution in [-0.2, 0) is 9.53 Å². The first-order valence-corrected chi connectivity index (χ1v) is 8.20. The van der Waals surface area contributed by atoms with Gasteiger partial charge >= 0.3 is 5.97 Å². The highest BCUT2D eigenvalue weighted by atomic mass is 35.5. The van der Waals surface area contributed by atoms with Gasteiger partial charge in [0.1, 0.15) is 0 Å². The van der Waals surface area contributed by atoms with Gasteiger partial charge in [-0.3, -0.25) is 4.79 Å². The zero-order valence-electron chi connectivity index (χ0n) is 12.3. The minimum Gasteiger partial charge on any atom is -0.465 e. The number of amides is 1. The molecule has 8 heteroatoms. The predicted molar refractivity (Wildman–Crippen MR) is 89.8 cm³/mol. The maximum atomic E-state index is 11.7. The van der Waals surface area contributed by atoms with Gasteiger partial charge in [0.15, 0.2) is 15.2 Å². The van der Waals surface area contributed by atoms with Crippen molar-refractivity contribution in [2.75, 3.05) is 23.9 Å². The molecule has 1 amide bonds. The van der Waals surface area contributed by atoms with Crippen LogP contribution >= 0.6 is 22.9 Å². The Morgan fingerprint density at radius 1 is 1.39 bits per heavy atom. The lowest BCUT2D eigenvalue weighted by Gasteiger charge is -2.15. The molecule has 0 unspecified atom stereocenters. The molecule has 0 atom stereocenters. The Hall–Kier alpha value is -2.12. The van der Waals surface area contributed by atoms with Gasteiger partial charge < -0.3 is 15.0 Å². The molecule has 1 aliphatic rings. The van der Waals surface area contributed by atoms with Crippen molar-refractivity contribution in [3.63, 3.8) is 0 Å². The van der Waals surface area contributed by atoms with E-state index in [2.05, 4.69) is 15.0 Å². The van der Waals surface area contributed by atoms with Crippen LogP contribution in [0, 0.1) is 0 Å². The zero-order chi connectivity index (χ0) is 16.4. The number of thiazole rings is 1. The topological polar surface area (TPSA) is 71.5 Å². The molecule has 0 radical (unpaired) electrons. The van der Waals surface area contributed by atoms with Crippen LogP contribution in [0.2, 0.25) is 5.15 Å². The van der Waals surface area contributed by atoms with E-state index in [-0.39, 0.29) is 15.9 Å². The summed E-state index contributed by atoms with van der Waals surface area (Å²) in [5.41, 5.74) is 1.67. The molecule has 1 saturated heterocycles. The fourth-order valence-corrected chi connectivity index (χ4v) is 3.47. The Balaban J connectivity index is 1.73. The molecule has 1 aromatic heterocycles. The van der Waals surface area contributed by atoms with Crippen molar-refractivity contribution in [1.82, 2.24) is 4.98 Å². The Morgan fingerprint density at radius 3 is 2.74 bits per heavy atom. The van der Waals surface area contributed by atoms with Crippen LogP contribution in [-0.4, -0.2) is 30.5 Å². The van der Waals surface area contributed by atoms with E-state index in [0.717, 1.165) is 35.7 Å². The Kier molecular flexibility index (Phi) is 4.49. The number of aromatic nitrogens is 1. The minimum absolute atomic E-state index is 0.114. The van der Waals surface area contributed by atoms with Gasteiger partial charge in [-0.25, -0.2) is 9.78 Å². The summed E-state index contributed by atoms with van der Waals surface area (Å²) in [6.07, 6.45) is 1.50. The van der Waals surface area contributed by atoms with E-state index < -0.39 is 5.97 Å². The number of esters is 1. The molecular weight excluding hydrogens is 338 g/mol. The van der Waals surface area contributed by atoms with Crippen molar-refractivity contribution >= 4 is 51.3 Å². The van der Waals surface area contributed by atoms with E-state index in [1.807, 2.05) is 24.3 Å². The summed E-state index contributed by atoms with van der Waals surface area (Å²) in [5, 5.41) is 3.70. The van der Waals surface area contributed by atoms with Gasteiger partial charge in [0.05, 0.1) is 7.11 Å². The summed E-state index contributed by atoms with van der Waals surface area (Å²) in [6.45, 7) is 0.760. The predicted octanol–water partition coefficient (Wildman–Crippen LogP) is 3.45. The number of anilines is 3. The summed E-state index contributed by atoms with van der Waals surface area (Å²) >= 11 is 7.05. The second-order valence-corrected chi connectivity index (χ2v) is 6.31. The minimum atomic E-state index is -0.511. The molecule has 0 spiro atoms. The average molecular weight is 352 g/mol. The number of methoxy groups -OCH3 is 1. The smallest absolute Gasteiger partial charge is 0.351 e. The number of nitrogens with one attached hydrogen (secondary N) is 1. The number of hydrogen-bond acceptors (Lipinski definition) is 6. The summed E-state index contributed by atoms with van der Waals surface area (Å²) in [7, 11) is 1.30. The third kappa shape index (κ3) is 3.30. The van der Waals surface area contributed by atoms with Crippen molar-refractivity contribution in [1.29, 1.82) is 0 Å². The van der Waals surface area contributed by atoms with Crippen molar-refractivity contribution in [2.45, 2.75) is 12.8 Å². The van der Waals surface area contributed by atoms with E-state index >= 15 is 0 Å². The molecule has 6 nitrogen and oxygen atoms in total. The molecule has 1 N–H and O–H groups in total. The van der Waals surface area contributed by atoms with E-state index in [9.17, 15) is 9.59 Å². The Labute approximate surface area is 142 Å². The Morgan fingerprint density at radius 2 is 2.13 bits per heavy atom. The van der Waals surface area contributed by atoms with Crippen LogP contribution in [0.25, 0.3) is 0 Å². The number of benzene rings is 1. The molecule has 23 heavy (non-hydrogen) atoms. The molecule has 1 aliphatic heterocycles. The number of rotatable bonds is 4. The molecule has 0 saturated carbocycles. The van der Waals surface area contributed by atoms with Crippen molar-refractivity contribution < 1.29 is 14.3 Å². The molecular formula is C15H14ClN3O3S. The van der Waals surface area contributed by atoms with Crippen molar-refractivity contribution in [3.8, 4) is 0 Å². The summed E-state index contributed by atoms with van der Waals surface area (Å²) < 4.78 is 4.65.